The summed E-state index contributed by atoms with van der Waals surface area (Å²) >= 11 is 3.15. The molecule has 114 valence electrons. The minimum absolute atomic E-state index is 0.590. The molecule has 0 spiro atoms. The van der Waals surface area contributed by atoms with Gasteiger partial charge in [-0.25, -0.2) is 4.98 Å². The highest BCUT2D eigenvalue weighted by atomic mass is 32.1. The zero-order valence-corrected chi connectivity index (χ0v) is 14.3. The van der Waals surface area contributed by atoms with E-state index >= 15 is 0 Å². The summed E-state index contributed by atoms with van der Waals surface area (Å²) in [5.41, 5.74) is 8.09. The molecule has 1 atom stereocenters. The van der Waals surface area contributed by atoms with Gasteiger partial charge in [0.1, 0.15) is 10.8 Å². The van der Waals surface area contributed by atoms with Crippen molar-refractivity contribution in [2.75, 3.05) is 37.3 Å². The van der Waals surface area contributed by atoms with Crippen LogP contribution in [0.5, 0.6) is 0 Å². The minimum Gasteiger partial charge on any atom is -0.382 e. The van der Waals surface area contributed by atoms with Crippen molar-refractivity contribution in [2.45, 2.75) is 26.3 Å². The molecule has 5 nitrogen and oxygen atoms in total. The number of hydrogen-bond donors (Lipinski definition) is 1. The van der Waals surface area contributed by atoms with Gasteiger partial charge in [-0.1, -0.05) is 6.92 Å². The number of nitrogens with zero attached hydrogens (tertiary/aromatic N) is 4. The smallest absolute Gasteiger partial charge is 0.148 e. The van der Waals surface area contributed by atoms with E-state index in [9.17, 15) is 0 Å². The molecule has 2 aromatic heterocycles. The van der Waals surface area contributed by atoms with Crippen molar-refractivity contribution in [3.63, 3.8) is 0 Å². The molecule has 21 heavy (non-hydrogen) atoms. The van der Waals surface area contributed by atoms with Crippen LogP contribution < -0.4 is 10.6 Å². The number of nitrogens with two attached hydrogens (primary N) is 1. The number of thiazole rings is 1. The zero-order chi connectivity index (χ0) is 15.0. The molecule has 0 aliphatic carbocycles. The predicted octanol–water partition coefficient (Wildman–Crippen LogP) is 2.69. The van der Waals surface area contributed by atoms with Crippen LogP contribution in [0.2, 0.25) is 0 Å². The second kappa shape index (κ2) is 5.90. The second-order valence-corrected chi connectivity index (χ2v) is 7.30. The van der Waals surface area contributed by atoms with Crippen LogP contribution in [-0.2, 0) is 0 Å². The molecule has 1 aliphatic heterocycles. The van der Waals surface area contributed by atoms with E-state index in [0.717, 1.165) is 42.3 Å². The Labute approximate surface area is 133 Å². The minimum atomic E-state index is 0.590. The van der Waals surface area contributed by atoms with Crippen LogP contribution in [0.15, 0.2) is 5.38 Å². The molecule has 3 heterocycles. The largest absolute Gasteiger partial charge is 0.382 e. The van der Waals surface area contributed by atoms with Gasteiger partial charge in [0, 0.05) is 31.1 Å². The lowest BCUT2D eigenvalue weighted by Crippen LogP contribution is -2.51. The quantitative estimate of drug-likeness (QED) is 0.941. The number of anilines is 2. The van der Waals surface area contributed by atoms with Crippen LogP contribution >= 0.6 is 22.9 Å². The summed E-state index contributed by atoms with van der Waals surface area (Å²) in [5.74, 6) is 0.604. The normalized spacial score (nSPS) is 20.1. The standard InChI is InChI=1S/C14H21N5S2/c1-4-10-7-19(6-5-18(10)3)14-12(13(15)17-21-14)11-8-20-9(2)16-11/h8,10H,4-7H2,1-3H3,(H2,15,17). The lowest BCUT2D eigenvalue weighted by atomic mass is 10.1. The summed E-state index contributed by atoms with van der Waals surface area (Å²) in [6.45, 7) is 7.39. The maximum Gasteiger partial charge on any atom is 0.148 e. The molecule has 0 bridgehead atoms. The van der Waals surface area contributed by atoms with Crippen LogP contribution in [0.3, 0.4) is 0 Å². The van der Waals surface area contributed by atoms with E-state index in [4.69, 9.17) is 5.73 Å². The van der Waals surface area contributed by atoms with Crippen LogP contribution in [-0.4, -0.2) is 47.0 Å². The highest BCUT2D eigenvalue weighted by Gasteiger charge is 2.27. The Kier molecular flexibility index (Phi) is 4.14. The van der Waals surface area contributed by atoms with E-state index < -0.39 is 0 Å². The number of hydrogen-bond acceptors (Lipinski definition) is 7. The summed E-state index contributed by atoms with van der Waals surface area (Å²) in [7, 11) is 2.21. The Balaban J connectivity index is 1.93. The molecular formula is C14H21N5S2. The SMILES string of the molecule is CCC1CN(c2snc(N)c2-c2csc(C)n2)CCN1C. The van der Waals surface area contributed by atoms with Gasteiger partial charge in [0.05, 0.1) is 16.3 Å². The molecule has 0 aromatic carbocycles. The number of rotatable bonds is 3. The maximum atomic E-state index is 6.11. The van der Waals surface area contributed by atoms with Gasteiger partial charge in [0.2, 0.25) is 0 Å². The second-order valence-electron chi connectivity index (χ2n) is 5.49. The van der Waals surface area contributed by atoms with Gasteiger partial charge in [-0.3, -0.25) is 4.90 Å². The van der Waals surface area contributed by atoms with E-state index in [-0.39, 0.29) is 0 Å². The number of aryl methyl sites for hydroxylation is 1. The monoisotopic (exact) mass is 323 g/mol. The highest BCUT2D eigenvalue weighted by molar-refractivity contribution is 7.11. The average molecular weight is 323 g/mol. The Morgan fingerprint density at radius 3 is 2.90 bits per heavy atom. The summed E-state index contributed by atoms with van der Waals surface area (Å²) < 4.78 is 4.38. The fourth-order valence-corrected chi connectivity index (χ4v) is 4.26. The molecule has 2 aromatic rings. The number of likely N-dealkylation sites (N-methyl/N-ethyl adjacent to an activating group) is 1. The first-order chi connectivity index (χ1) is 10.1. The lowest BCUT2D eigenvalue weighted by Gasteiger charge is -2.39. The summed E-state index contributed by atoms with van der Waals surface area (Å²) in [6, 6.07) is 0.590. The number of nitrogen functional groups attached to an aromatic ring is 1. The third kappa shape index (κ3) is 2.77. The summed E-state index contributed by atoms with van der Waals surface area (Å²) in [6.07, 6.45) is 1.16. The number of piperazine rings is 1. The van der Waals surface area contributed by atoms with Crippen LogP contribution in [0.1, 0.15) is 18.4 Å². The van der Waals surface area contributed by atoms with Crippen LogP contribution in [0.25, 0.3) is 11.3 Å². The molecule has 2 N–H and O–H groups in total. The van der Waals surface area contributed by atoms with Crippen molar-refractivity contribution in [3.05, 3.63) is 10.4 Å². The van der Waals surface area contributed by atoms with Gasteiger partial charge in [0.15, 0.2) is 0 Å². The van der Waals surface area contributed by atoms with Crippen molar-refractivity contribution < 1.29 is 0 Å². The van der Waals surface area contributed by atoms with E-state index in [2.05, 4.69) is 38.5 Å². The van der Waals surface area contributed by atoms with Gasteiger partial charge in [-0.2, -0.15) is 4.37 Å². The molecule has 0 amide bonds. The molecule has 1 aliphatic rings. The van der Waals surface area contributed by atoms with E-state index in [1.165, 1.54) is 16.5 Å². The first kappa shape index (κ1) is 14.7. The highest BCUT2D eigenvalue weighted by Crippen LogP contribution is 2.40. The molecule has 0 radical (unpaired) electrons. The van der Waals surface area contributed by atoms with Crippen LogP contribution in [0.4, 0.5) is 10.8 Å². The Bertz CT molecular complexity index is 621. The van der Waals surface area contributed by atoms with Gasteiger partial charge >= 0.3 is 0 Å². The summed E-state index contributed by atoms with van der Waals surface area (Å²) in [4.78, 5) is 9.45. The molecule has 7 heteroatoms. The van der Waals surface area contributed by atoms with Crippen molar-refractivity contribution in [1.82, 2.24) is 14.3 Å². The van der Waals surface area contributed by atoms with Crippen molar-refractivity contribution >= 4 is 33.7 Å². The molecular weight excluding hydrogens is 302 g/mol. The van der Waals surface area contributed by atoms with Gasteiger partial charge in [-0.15, -0.1) is 11.3 Å². The molecule has 1 unspecified atom stereocenters. The van der Waals surface area contributed by atoms with E-state index in [0.29, 0.717) is 11.9 Å². The van der Waals surface area contributed by atoms with Gasteiger partial charge < -0.3 is 10.6 Å². The molecule has 1 saturated heterocycles. The fraction of sp³-hybridized carbons (Fsp3) is 0.571. The zero-order valence-electron chi connectivity index (χ0n) is 12.7. The fourth-order valence-electron chi connectivity index (χ4n) is 2.80. The molecule has 0 saturated carbocycles. The third-order valence-corrected chi connectivity index (χ3v) is 5.81. The lowest BCUT2D eigenvalue weighted by molar-refractivity contribution is 0.214. The Morgan fingerprint density at radius 1 is 1.43 bits per heavy atom. The van der Waals surface area contributed by atoms with Gasteiger partial charge in [0.25, 0.3) is 0 Å². The topological polar surface area (TPSA) is 58.3 Å². The van der Waals surface area contributed by atoms with Crippen LogP contribution in [0, 0.1) is 6.92 Å². The van der Waals surface area contributed by atoms with Crippen molar-refractivity contribution in [3.8, 4) is 11.3 Å². The van der Waals surface area contributed by atoms with Gasteiger partial charge in [-0.05, 0) is 31.9 Å². The summed E-state index contributed by atoms with van der Waals surface area (Å²) in [5, 5.41) is 4.31. The van der Waals surface area contributed by atoms with Crippen molar-refractivity contribution in [2.24, 2.45) is 0 Å². The first-order valence-corrected chi connectivity index (χ1v) is 8.88. The average Bonchev–Trinajstić information content (AvgIpc) is 3.05. The first-order valence-electron chi connectivity index (χ1n) is 7.23. The van der Waals surface area contributed by atoms with Crippen molar-refractivity contribution in [1.29, 1.82) is 0 Å². The Hall–Kier alpha value is -1.18. The number of aromatic nitrogens is 2. The third-order valence-electron chi connectivity index (χ3n) is 4.11. The Morgan fingerprint density at radius 2 is 2.24 bits per heavy atom. The predicted molar refractivity (Wildman–Crippen MR) is 91.3 cm³/mol. The molecule has 3 rings (SSSR count). The maximum absolute atomic E-state index is 6.11. The molecule has 1 fully saturated rings. The van der Waals surface area contributed by atoms with E-state index in [1.54, 1.807) is 11.3 Å². The van der Waals surface area contributed by atoms with E-state index in [1.807, 2.05) is 6.92 Å².